The summed E-state index contributed by atoms with van der Waals surface area (Å²) in [6.07, 6.45) is 0.159. The number of nitrogens with zero attached hydrogens (tertiary/aromatic N) is 1. The number of likely N-dealkylation sites (tertiary alicyclic amines) is 1. The van der Waals surface area contributed by atoms with E-state index < -0.39 is 24.3 Å². The molecule has 0 saturated carbocycles. The summed E-state index contributed by atoms with van der Waals surface area (Å²) in [5.74, 6) is 0. The Hall–Kier alpha value is -1.88. The summed E-state index contributed by atoms with van der Waals surface area (Å²) in [6.45, 7) is 0. The van der Waals surface area contributed by atoms with Crippen molar-refractivity contribution in [2.45, 2.75) is 31.0 Å². The van der Waals surface area contributed by atoms with Crippen LogP contribution in [-0.4, -0.2) is 47.7 Å². The Morgan fingerprint density at radius 1 is 1.47 bits per heavy atom. The van der Waals surface area contributed by atoms with Crippen molar-refractivity contribution in [3.8, 4) is 0 Å². The zero-order valence-electron chi connectivity index (χ0n) is 10.7. The molecule has 0 bridgehead atoms. The van der Waals surface area contributed by atoms with E-state index in [4.69, 9.17) is 4.74 Å². The molecule has 1 N–H and O–H groups in total. The normalized spacial score (nSPS) is 26.2. The fraction of sp³-hybridized carbons (Fsp3) is 0.429. The Morgan fingerprint density at radius 3 is 2.74 bits per heavy atom. The molecule has 0 unspecified atom stereocenters. The van der Waals surface area contributed by atoms with Crippen LogP contribution in [0.5, 0.6) is 0 Å². The topological polar surface area (TPSA) is 66.8 Å². The summed E-state index contributed by atoms with van der Waals surface area (Å²) in [4.78, 5) is 24.1. The second-order valence-electron chi connectivity index (χ2n) is 4.64. The maximum atomic E-state index is 11.8. The van der Waals surface area contributed by atoms with Gasteiger partial charge in [0.2, 0.25) is 0 Å². The van der Waals surface area contributed by atoms with Crippen LogP contribution in [0.3, 0.4) is 0 Å². The SMILES string of the molecule is COC(=O)N1[C@H](C=O)C[C@H](O)[C@@H]1Cc1ccccc1. The molecule has 0 aromatic heterocycles. The van der Waals surface area contributed by atoms with Gasteiger partial charge < -0.3 is 14.6 Å². The summed E-state index contributed by atoms with van der Waals surface area (Å²) in [5.41, 5.74) is 1.01. The lowest BCUT2D eigenvalue weighted by atomic mass is 10.0. The fourth-order valence-electron chi connectivity index (χ4n) is 2.54. The largest absolute Gasteiger partial charge is 0.453 e. The summed E-state index contributed by atoms with van der Waals surface area (Å²) in [6, 6.07) is 8.52. The third-order valence-corrected chi connectivity index (χ3v) is 3.47. The Morgan fingerprint density at radius 2 is 2.16 bits per heavy atom. The van der Waals surface area contributed by atoms with E-state index in [1.54, 1.807) is 0 Å². The molecule has 3 atom stereocenters. The van der Waals surface area contributed by atoms with Crippen molar-refractivity contribution in [1.82, 2.24) is 4.90 Å². The number of hydrogen-bond acceptors (Lipinski definition) is 4. The number of aliphatic hydroxyl groups excluding tert-OH is 1. The highest BCUT2D eigenvalue weighted by atomic mass is 16.5. The minimum Gasteiger partial charge on any atom is -0.453 e. The molecule has 1 fully saturated rings. The quantitative estimate of drug-likeness (QED) is 0.826. The van der Waals surface area contributed by atoms with E-state index in [0.717, 1.165) is 5.56 Å². The minimum absolute atomic E-state index is 0.260. The van der Waals surface area contributed by atoms with E-state index in [2.05, 4.69) is 0 Å². The van der Waals surface area contributed by atoms with Gasteiger partial charge in [-0.1, -0.05) is 30.3 Å². The molecule has 1 aliphatic rings. The monoisotopic (exact) mass is 263 g/mol. The minimum atomic E-state index is -0.713. The van der Waals surface area contributed by atoms with Crippen molar-refractivity contribution in [3.63, 3.8) is 0 Å². The first-order chi connectivity index (χ1) is 9.17. The number of aliphatic hydroxyl groups is 1. The van der Waals surface area contributed by atoms with E-state index in [0.29, 0.717) is 12.7 Å². The summed E-state index contributed by atoms with van der Waals surface area (Å²) < 4.78 is 4.70. The molecule has 1 amide bonds. The number of rotatable bonds is 3. The van der Waals surface area contributed by atoms with Crippen LogP contribution in [-0.2, 0) is 16.0 Å². The first kappa shape index (κ1) is 13.5. The van der Waals surface area contributed by atoms with Crippen LogP contribution in [0.15, 0.2) is 30.3 Å². The van der Waals surface area contributed by atoms with Gasteiger partial charge in [-0.15, -0.1) is 0 Å². The van der Waals surface area contributed by atoms with Crippen molar-refractivity contribution in [2.24, 2.45) is 0 Å². The van der Waals surface area contributed by atoms with Crippen molar-refractivity contribution >= 4 is 12.4 Å². The van der Waals surface area contributed by atoms with Crippen molar-refractivity contribution in [3.05, 3.63) is 35.9 Å². The average Bonchev–Trinajstić information content (AvgIpc) is 2.76. The molecule has 1 aromatic rings. The molecule has 0 aliphatic carbocycles. The van der Waals surface area contributed by atoms with E-state index in [1.165, 1.54) is 12.0 Å². The molecule has 5 heteroatoms. The second-order valence-corrected chi connectivity index (χ2v) is 4.64. The molecular weight excluding hydrogens is 246 g/mol. The Kier molecular flexibility index (Phi) is 4.16. The van der Waals surface area contributed by atoms with Crippen molar-refractivity contribution < 1.29 is 19.4 Å². The highest BCUT2D eigenvalue weighted by Gasteiger charge is 2.43. The van der Waals surface area contributed by atoms with Gasteiger partial charge in [-0.25, -0.2) is 4.79 Å². The van der Waals surface area contributed by atoms with Crippen molar-refractivity contribution in [2.75, 3.05) is 7.11 Å². The third kappa shape index (κ3) is 2.76. The number of carbonyl (C=O) groups is 2. The zero-order chi connectivity index (χ0) is 13.8. The van der Waals surface area contributed by atoms with E-state index in [-0.39, 0.29) is 6.42 Å². The van der Waals surface area contributed by atoms with E-state index in [1.807, 2.05) is 30.3 Å². The maximum absolute atomic E-state index is 11.8. The molecule has 0 spiro atoms. The molecule has 1 saturated heterocycles. The van der Waals surface area contributed by atoms with E-state index in [9.17, 15) is 14.7 Å². The van der Waals surface area contributed by atoms with Gasteiger partial charge in [0.25, 0.3) is 0 Å². The number of benzene rings is 1. The molecular formula is C14H17NO4. The molecule has 2 rings (SSSR count). The number of methoxy groups -OCH3 is 1. The fourth-order valence-corrected chi connectivity index (χ4v) is 2.54. The van der Waals surface area contributed by atoms with Crippen LogP contribution in [0, 0.1) is 0 Å². The van der Waals surface area contributed by atoms with Gasteiger partial charge in [-0.3, -0.25) is 4.90 Å². The molecule has 1 aromatic carbocycles. The van der Waals surface area contributed by atoms with Gasteiger partial charge in [0.15, 0.2) is 0 Å². The van der Waals surface area contributed by atoms with Crippen LogP contribution < -0.4 is 0 Å². The van der Waals surface area contributed by atoms with Crippen molar-refractivity contribution in [1.29, 1.82) is 0 Å². The zero-order valence-corrected chi connectivity index (χ0v) is 10.7. The predicted octanol–water partition coefficient (Wildman–Crippen LogP) is 0.998. The van der Waals surface area contributed by atoms with Crippen LogP contribution in [0.25, 0.3) is 0 Å². The first-order valence-corrected chi connectivity index (χ1v) is 6.21. The lowest BCUT2D eigenvalue weighted by Crippen LogP contribution is -2.45. The van der Waals surface area contributed by atoms with Gasteiger partial charge in [-0.05, 0) is 12.0 Å². The smallest absolute Gasteiger partial charge is 0.410 e. The third-order valence-electron chi connectivity index (χ3n) is 3.47. The van der Waals surface area contributed by atoms with Crippen LogP contribution >= 0.6 is 0 Å². The molecule has 102 valence electrons. The van der Waals surface area contributed by atoms with Gasteiger partial charge in [0.05, 0.1) is 25.3 Å². The Bertz CT molecular complexity index is 448. The van der Waals surface area contributed by atoms with E-state index >= 15 is 0 Å². The number of hydrogen-bond donors (Lipinski definition) is 1. The average molecular weight is 263 g/mol. The Balaban J connectivity index is 2.20. The standard InChI is InChI=1S/C14H17NO4/c1-19-14(18)15-11(9-16)8-13(17)12(15)7-10-5-3-2-4-6-10/h2-6,9,11-13,17H,7-8H2,1H3/t11-,12-,13-/m0/s1. The van der Waals surface area contributed by atoms with Gasteiger partial charge in [0, 0.05) is 6.42 Å². The highest BCUT2D eigenvalue weighted by molar-refractivity contribution is 5.75. The molecule has 1 aliphatic heterocycles. The number of carbonyl (C=O) groups excluding carboxylic acids is 2. The molecule has 19 heavy (non-hydrogen) atoms. The first-order valence-electron chi connectivity index (χ1n) is 6.21. The molecule has 0 radical (unpaired) electrons. The van der Waals surface area contributed by atoms with Gasteiger partial charge in [-0.2, -0.15) is 0 Å². The highest BCUT2D eigenvalue weighted by Crippen LogP contribution is 2.27. The summed E-state index contributed by atoms with van der Waals surface area (Å²) in [7, 11) is 1.27. The lowest BCUT2D eigenvalue weighted by Gasteiger charge is -2.27. The predicted molar refractivity (Wildman–Crippen MR) is 68.7 cm³/mol. The van der Waals surface area contributed by atoms with Gasteiger partial charge >= 0.3 is 6.09 Å². The van der Waals surface area contributed by atoms with Crippen LogP contribution in [0.4, 0.5) is 4.79 Å². The van der Waals surface area contributed by atoms with Crippen LogP contribution in [0.1, 0.15) is 12.0 Å². The maximum Gasteiger partial charge on any atom is 0.410 e. The molecule has 5 nitrogen and oxygen atoms in total. The Labute approximate surface area is 111 Å². The number of aldehydes is 1. The van der Waals surface area contributed by atoms with Crippen LogP contribution in [0.2, 0.25) is 0 Å². The summed E-state index contributed by atoms with van der Waals surface area (Å²) >= 11 is 0. The second kappa shape index (κ2) is 5.84. The summed E-state index contributed by atoms with van der Waals surface area (Å²) in [5, 5.41) is 10.1. The molecule has 1 heterocycles. The number of ether oxygens (including phenoxy) is 1. The number of amides is 1. The van der Waals surface area contributed by atoms with Gasteiger partial charge in [0.1, 0.15) is 6.29 Å². The lowest BCUT2D eigenvalue weighted by molar-refractivity contribution is -0.111.